The Morgan fingerprint density at radius 3 is 2.63 bits per heavy atom. The molecule has 1 aliphatic heterocycles. The first kappa shape index (κ1) is 13.9. The molecule has 1 aromatic heterocycles. The summed E-state index contributed by atoms with van der Waals surface area (Å²) in [4.78, 5) is 27.0. The van der Waals surface area contributed by atoms with Crippen LogP contribution in [0.15, 0.2) is 12.1 Å². The van der Waals surface area contributed by atoms with Crippen molar-refractivity contribution in [3.8, 4) is 0 Å². The lowest BCUT2D eigenvalue weighted by Gasteiger charge is -2.22. The van der Waals surface area contributed by atoms with Gasteiger partial charge in [0, 0.05) is 6.04 Å². The van der Waals surface area contributed by atoms with Crippen LogP contribution in [0.4, 0.5) is 0 Å². The van der Waals surface area contributed by atoms with Crippen LogP contribution in [0.25, 0.3) is 0 Å². The second-order valence-corrected chi connectivity index (χ2v) is 5.72. The summed E-state index contributed by atoms with van der Waals surface area (Å²) in [5, 5.41) is 11.9. The van der Waals surface area contributed by atoms with Crippen molar-refractivity contribution in [2.45, 2.75) is 25.8 Å². The van der Waals surface area contributed by atoms with E-state index in [0.29, 0.717) is 5.69 Å². The lowest BCUT2D eigenvalue weighted by Crippen LogP contribution is -2.37. The van der Waals surface area contributed by atoms with Gasteiger partial charge in [-0.3, -0.25) is 4.79 Å². The molecular formula is C13H16N2O3S. The van der Waals surface area contributed by atoms with Crippen LogP contribution in [0.1, 0.15) is 39.4 Å². The van der Waals surface area contributed by atoms with Gasteiger partial charge in [0.2, 0.25) is 0 Å². The number of nitrogens with one attached hydrogen (secondary N) is 1. The van der Waals surface area contributed by atoms with E-state index in [1.807, 2.05) is 11.8 Å². The minimum atomic E-state index is -1.03. The van der Waals surface area contributed by atoms with Crippen molar-refractivity contribution in [2.24, 2.45) is 0 Å². The number of pyridine rings is 1. The number of carbonyl (C=O) groups excluding carboxylic acids is 1. The molecule has 5 nitrogen and oxygen atoms in total. The Morgan fingerprint density at radius 2 is 2.05 bits per heavy atom. The van der Waals surface area contributed by atoms with Crippen LogP contribution in [0.3, 0.4) is 0 Å². The van der Waals surface area contributed by atoms with Crippen molar-refractivity contribution in [3.05, 3.63) is 29.1 Å². The normalized spacial score (nSPS) is 16.1. The van der Waals surface area contributed by atoms with E-state index >= 15 is 0 Å². The Balaban J connectivity index is 2.06. The van der Waals surface area contributed by atoms with E-state index in [-0.39, 0.29) is 23.2 Å². The van der Waals surface area contributed by atoms with Gasteiger partial charge < -0.3 is 10.4 Å². The molecule has 0 bridgehead atoms. The molecule has 0 aromatic carbocycles. The molecule has 1 fully saturated rings. The number of nitrogens with zero attached hydrogens (tertiary/aromatic N) is 1. The number of thioether (sulfide) groups is 1. The van der Waals surface area contributed by atoms with Gasteiger partial charge in [0.1, 0.15) is 5.69 Å². The highest BCUT2D eigenvalue weighted by Crippen LogP contribution is 2.17. The smallest absolute Gasteiger partial charge is 0.337 e. The molecule has 0 aliphatic carbocycles. The average molecular weight is 280 g/mol. The zero-order chi connectivity index (χ0) is 13.8. The first-order chi connectivity index (χ1) is 9.08. The number of hydrogen-bond donors (Lipinski definition) is 2. The number of aromatic nitrogens is 1. The van der Waals surface area contributed by atoms with Crippen LogP contribution >= 0.6 is 11.8 Å². The molecule has 2 N–H and O–H groups in total. The maximum absolute atomic E-state index is 12.0. The predicted molar refractivity (Wildman–Crippen MR) is 73.7 cm³/mol. The summed E-state index contributed by atoms with van der Waals surface area (Å²) in [7, 11) is 0. The van der Waals surface area contributed by atoms with Gasteiger partial charge in [-0.1, -0.05) is 0 Å². The van der Waals surface area contributed by atoms with Crippen molar-refractivity contribution in [1.29, 1.82) is 0 Å². The van der Waals surface area contributed by atoms with Gasteiger partial charge in [0.05, 0.1) is 11.3 Å². The summed E-state index contributed by atoms with van der Waals surface area (Å²) >= 11 is 1.90. The van der Waals surface area contributed by atoms with Crippen LogP contribution in [-0.4, -0.2) is 39.5 Å². The van der Waals surface area contributed by atoms with E-state index in [9.17, 15) is 9.59 Å². The minimum Gasteiger partial charge on any atom is -0.478 e. The van der Waals surface area contributed by atoms with Crippen molar-refractivity contribution >= 4 is 23.6 Å². The third kappa shape index (κ3) is 3.47. The molecule has 1 aromatic rings. The van der Waals surface area contributed by atoms with Gasteiger partial charge >= 0.3 is 5.97 Å². The monoisotopic (exact) mass is 280 g/mol. The van der Waals surface area contributed by atoms with Crippen molar-refractivity contribution < 1.29 is 14.7 Å². The second-order valence-electron chi connectivity index (χ2n) is 4.49. The third-order valence-electron chi connectivity index (χ3n) is 3.11. The number of aryl methyl sites for hydroxylation is 1. The lowest BCUT2D eigenvalue weighted by molar-refractivity contribution is 0.0694. The van der Waals surface area contributed by atoms with Gasteiger partial charge in [-0.15, -0.1) is 0 Å². The van der Waals surface area contributed by atoms with Gasteiger partial charge in [-0.05, 0) is 43.4 Å². The number of carbonyl (C=O) groups is 2. The molecular weight excluding hydrogens is 264 g/mol. The minimum absolute atomic E-state index is 0.130. The lowest BCUT2D eigenvalue weighted by atomic mass is 10.1. The number of aromatic carboxylic acids is 1. The van der Waals surface area contributed by atoms with E-state index in [4.69, 9.17) is 5.11 Å². The fourth-order valence-corrected chi connectivity index (χ4v) is 3.12. The summed E-state index contributed by atoms with van der Waals surface area (Å²) in [6, 6.07) is 3.09. The molecule has 19 heavy (non-hydrogen) atoms. The van der Waals surface area contributed by atoms with Crippen molar-refractivity contribution in [3.63, 3.8) is 0 Å². The van der Waals surface area contributed by atoms with E-state index in [0.717, 1.165) is 24.3 Å². The highest BCUT2D eigenvalue weighted by molar-refractivity contribution is 7.99. The van der Waals surface area contributed by atoms with Crippen LogP contribution in [0, 0.1) is 6.92 Å². The Morgan fingerprint density at radius 1 is 1.37 bits per heavy atom. The molecule has 0 radical (unpaired) electrons. The number of carboxylic acids is 1. The largest absolute Gasteiger partial charge is 0.478 e. The molecule has 2 rings (SSSR count). The third-order valence-corrected chi connectivity index (χ3v) is 4.15. The predicted octanol–water partition coefficient (Wildman–Crippen LogP) is 1.71. The van der Waals surface area contributed by atoms with Crippen molar-refractivity contribution in [2.75, 3.05) is 11.5 Å². The highest BCUT2D eigenvalue weighted by Gasteiger charge is 2.18. The molecule has 1 amide bonds. The van der Waals surface area contributed by atoms with Gasteiger partial charge in [0.15, 0.2) is 0 Å². The molecule has 0 saturated carbocycles. The standard InChI is InChI=1S/C13H16N2O3S/c1-8-10(13(17)18)2-3-11(14-8)12(16)15-9-4-6-19-7-5-9/h2-3,9H,4-7H2,1H3,(H,15,16)(H,17,18). The topological polar surface area (TPSA) is 79.3 Å². The van der Waals surface area contributed by atoms with Gasteiger partial charge in [0.25, 0.3) is 5.91 Å². The Hall–Kier alpha value is -1.56. The maximum Gasteiger partial charge on any atom is 0.337 e. The Kier molecular flexibility index (Phi) is 4.42. The molecule has 0 unspecified atom stereocenters. The number of hydrogen-bond acceptors (Lipinski definition) is 4. The zero-order valence-corrected chi connectivity index (χ0v) is 11.5. The van der Waals surface area contributed by atoms with Crippen LogP contribution in [0.5, 0.6) is 0 Å². The van der Waals surface area contributed by atoms with E-state index in [1.54, 1.807) is 6.92 Å². The quantitative estimate of drug-likeness (QED) is 0.881. The fraction of sp³-hybridized carbons (Fsp3) is 0.462. The molecule has 6 heteroatoms. The van der Waals surface area contributed by atoms with E-state index in [1.165, 1.54) is 12.1 Å². The molecule has 0 spiro atoms. The van der Waals surface area contributed by atoms with E-state index in [2.05, 4.69) is 10.3 Å². The number of amides is 1. The van der Waals surface area contributed by atoms with Crippen LogP contribution in [-0.2, 0) is 0 Å². The molecule has 1 saturated heterocycles. The first-order valence-corrected chi connectivity index (χ1v) is 7.33. The second kappa shape index (κ2) is 6.06. The fourth-order valence-electron chi connectivity index (χ4n) is 2.01. The highest BCUT2D eigenvalue weighted by atomic mass is 32.2. The SMILES string of the molecule is Cc1nc(C(=O)NC2CCSCC2)ccc1C(=O)O. The molecule has 1 aliphatic rings. The van der Waals surface area contributed by atoms with Crippen LogP contribution in [0.2, 0.25) is 0 Å². The van der Waals surface area contributed by atoms with E-state index < -0.39 is 5.97 Å². The molecule has 102 valence electrons. The summed E-state index contributed by atoms with van der Waals surface area (Å²) in [6.07, 6.45) is 1.95. The van der Waals surface area contributed by atoms with Gasteiger partial charge in [-0.25, -0.2) is 9.78 Å². The number of carboxylic acid groups (broad SMARTS) is 1. The van der Waals surface area contributed by atoms with Gasteiger partial charge in [-0.2, -0.15) is 11.8 Å². The summed E-state index contributed by atoms with van der Waals surface area (Å²) in [5.41, 5.74) is 0.769. The number of rotatable bonds is 3. The molecule has 2 heterocycles. The summed E-state index contributed by atoms with van der Waals surface area (Å²) < 4.78 is 0. The summed E-state index contributed by atoms with van der Waals surface area (Å²) in [6.45, 7) is 1.59. The average Bonchev–Trinajstić information content (AvgIpc) is 2.39. The maximum atomic E-state index is 12.0. The first-order valence-electron chi connectivity index (χ1n) is 6.17. The zero-order valence-electron chi connectivity index (χ0n) is 10.7. The van der Waals surface area contributed by atoms with Crippen molar-refractivity contribution in [1.82, 2.24) is 10.3 Å². The Labute approximate surface area is 115 Å². The summed E-state index contributed by atoms with van der Waals surface area (Å²) in [5.74, 6) is 0.878. The Bertz CT molecular complexity index is 499. The van der Waals surface area contributed by atoms with Crippen LogP contribution < -0.4 is 5.32 Å². The molecule has 0 atom stereocenters.